The molecule has 0 saturated heterocycles. The summed E-state index contributed by atoms with van der Waals surface area (Å²) in [6, 6.07) is 30.1. The Kier molecular flexibility index (Phi) is 5.68. The number of ether oxygens (including phenoxy) is 1. The van der Waals surface area contributed by atoms with Gasteiger partial charge in [-0.25, -0.2) is 0 Å². The van der Waals surface area contributed by atoms with Crippen LogP contribution in [0.3, 0.4) is 0 Å². The molecule has 0 spiro atoms. The fraction of sp³-hybridized carbons (Fsp3) is 0.217. The molecule has 0 fully saturated rings. The lowest BCUT2D eigenvalue weighted by molar-refractivity contribution is 0.414. The average Bonchev–Trinajstić information content (AvgIpc) is 2.67. The second kappa shape index (κ2) is 8.35. The van der Waals surface area contributed by atoms with Crippen LogP contribution < -0.4 is 4.74 Å². The van der Waals surface area contributed by atoms with Gasteiger partial charge in [-0.05, 0) is 54.0 Å². The summed E-state index contributed by atoms with van der Waals surface area (Å²) in [4.78, 5) is 0. The molecule has 24 heavy (non-hydrogen) atoms. The fourth-order valence-corrected chi connectivity index (χ4v) is 3.15. The van der Waals surface area contributed by atoms with Crippen LogP contribution in [0.5, 0.6) is 5.75 Å². The van der Waals surface area contributed by atoms with Gasteiger partial charge in [0, 0.05) is 0 Å². The van der Waals surface area contributed by atoms with Gasteiger partial charge < -0.3 is 4.74 Å². The summed E-state index contributed by atoms with van der Waals surface area (Å²) in [5, 5.41) is 0. The Morgan fingerprint density at radius 1 is 0.708 bits per heavy atom. The standard InChI is InChI=1S/C23H24O/c1-24-23-16-14-21(15-17-23)22(18-20-10-6-3-7-11-20)13-12-19-8-4-2-5-9-19/h2-11,14-17,22H,12-13,18H2,1H3. The minimum atomic E-state index is 0.513. The third kappa shape index (κ3) is 4.48. The quantitative estimate of drug-likeness (QED) is 0.547. The van der Waals surface area contributed by atoms with E-state index < -0.39 is 0 Å². The van der Waals surface area contributed by atoms with Crippen molar-refractivity contribution in [1.29, 1.82) is 0 Å². The lowest BCUT2D eigenvalue weighted by Crippen LogP contribution is -2.05. The Hall–Kier alpha value is -2.54. The van der Waals surface area contributed by atoms with Crippen LogP contribution in [0.15, 0.2) is 84.9 Å². The van der Waals surface area contributed by atoms with Crippen molar-refractivity contribution in [1.82, 2.24) is 0 Å². The highest BCUT2D eigenvalue weighted by Gasteiger charge is 2.13. The molecule has 3 rings (SSSR count). The SMILES string of the molecule is COc1ccc(C(CCc2ccccc2)Cc2ccccc2)cc1. The fourth-order valence-electron chi connectivity index (χ4n) is 3.15. The van der Waals surface area contributed by atoms with E-state index in [1.54, 1.807) is 7.11 Å². The van der Waals surface area contributed by atoms with Gasteiger partial charge in [-0.3, -0.25) is 0 Å². The second-order valence-electron chi connectivity index (χ2n) is 6.18. The Bertz CT molecular complexity index is 717. The van der Waals surface area contributed by atoms with Crippen molar-refractivity contribution in [3.8, 4) is 5.75 Å². The smallest absolute Gasteiger partial charge is 0.118 e. The Morgan fingerprint density at radius 3 is 1.88 bits per heavy atom. The number of aryl methyl sites for hydroxylation is 1. The summed E-state index contributed by atoms with van der Waals surface area (Å²) in [5.41, 5.74) is 4.19. The van der Waals surface area contributed by atoms with Crippen LogP contribution in [0, 0.1) is 0 Å². The van der Waals surface area contributed by atoms with E-state index in [0.29, 0.717) is 5.92 Å². The first-order valence-corrected chi connectivity index (χ1v) is 8.57. The highest BCUT2D eigenvalue weighted by atomic mass is 16.5. The van der Waals surface area contributed by atoms with Crippen molar-refractivity contribution in [2.24, 2.45) is 0 Å². The van der Waals surface area contributed by atoms with Crippen LogP contribution in [-0.2, 0) is 12.8 Å². The van der Waals surface area contributed by atoms with Crippen molar-refractivity contribution in [2.45, 2.75) is 25.2 Å². The third-order valence-corrected chi connectivity index (χ3v) is 4.54. The van der Waals surface area contributed by atoms with Crippen molar-refractivity contribution in [3.05, 3.63) is 102 Å². The van der Waals surface area contributed by atoms with Crippen molar-refractivity contribution < 1.29 is 4.74 Å². The molecule has 0 saturated carbocycles. The molecule has 0 aliphatic heterocycles. The first kappa shape index (κ1) is 16.3. The average molecular weight is 316 g/mol. The van der Waals surface area contributed by atoms with Crippen LogP contribution in [0.1, 0.15) is 29.0 Å². The topological polar surface area (TPSA) is 9.23 Å². The Labute approximate surface area is 144 Å². The number of hydrogen-bond donors (Lipinski definition) is 0. The van der Waals surface area contributed by atoms with Crippen LogP contribution in [-0.4, -0.2) is 7.11 Å². The van der Waals surface area contributed by atoms with Gasteiger partial charge in [0.15, 0.2) is 0 Å². The van der Waals surface area contributed by atoms with Gasteiger partial charge in [0.25, 0.3) is 0 Å². The highest BCUT2D eigenvalue weighted by Crippen LogP contribution is 2.27. The molecular formula is C23H24O. The van der Waals surface area contributed by atoms with Gasteiger partial charge in [-0.15, -0.1) is 0 Å². The third-order valence-electron chi connectivity index (χ3n) is 4.54. The lowest BCUT2D eigenvalue weighted by Gasteiger charge is -2.18. The molecule has 3 aromatic carbocycles. The molecule has 0 aliphatic carbocycles. The van der Waals surface area contributed by atoms with Gasteiger partial charge in [0.1, 0.15) is 5.75 Å². The summed E-state index contributed by atoms with van der Waals surface area (Å²) < 4.78 is 5.30. The maximum atomic E-state index is 5.30. The zero-order valence-electron chi connectivity index (χ0n) is 14.2. The van der Waals surface area contributed by atoms with E-state index in [2.05, 4.69) is 84.9 Å². The second-order valence-corrected chi connectivity index (χ2v) is 6.18. The van der Waals surface area contributed by atoms with Crippen molar-refractivity contribution in [3.63, 3.8) is 0 Å². The van der Waals surface area contributed by atoms with Crippen molar-refractivity contribution in [2.75, 3.05) is 7.11 Å². The number of hydrogen-bond acceptors (Lipinski definition) is 1. The number of benzene rings is 3. The highest BCUT2D eigenvalue weighted by molar-refractivity contribution is 5.31. The van der Waals surface area contributed by atoms with E-state index in [-0.39, 0.29) is 0 Å². The van der Waals surface area contributed by atoms with E-state index in [0.717, 1.165) is 25.0 Å². The molecule has 0 aromatic heterocycles. The predicted molar refractivity (Wildman–Crippen MR) is 101 cm³/mol. The molecule has 0 N–H and O–H groups in total. The summed E-state index contributed by atoms with van der Waals surface area (Å²) in [6.07, 6.45) is 3.32. The molecule has 0 radical (unpaired) electrons. The maximum Gasteiger partial charge on any atom is 0.118 e. The molecule has 0 aliphatic rings. The van der Waals surface area contributed by atoms with Crippen molar-refractivity contribution >= 4 is 0 Å². The molecule has 3 aromatic rings. The lowest BCUT2D eigenvalue weighted by atomic mass is 9.87. The minimum absolute atomic E-state index is 0.513. The van der Waals surface area contributed by atoms with Crippen LogP contribution in [0.2, 0.25) is 0 Å². The van der Waals surface area contributed by atoms with Crippen LogP contribution >= 0.6 is 0 Å². The van der Waals surface area contributed by atoms with E-state index in [4.69, 9.17) is 4.74 Å². The molecule has 0 amide bonds. The summed E-state index contributed by atoms with van der Waals surface area (Å²) in [5.74, 6) is 1.43. The van der Waals surface area contributed by atoms with Gasteiger partial charge >= 0.3 is 0 Å². The summed E-state index contributed by atoms with van der Waals surface area (Å²) in [6.45, 7) is 0. The van der Waals surface area contributed by atoms with E-state index in [1.807, 2.05) is 0 Å². The molecule has 1 unspecified atom stereocenters. The van der Waals surface area contributed by atoms with E-state index >= 15 is 0 Å². The molecular weight excluding hydrogens is 292 g/mol. The molecule has 1 atom stereocenters. The number of rotatable bonds is 7. The van der Waals surface area contributed by atoms with Crippen LogP contribution in [0.25, 0.3) is 0 Å². The van der Waals surface area contributed by atoms with Gasteiger partial charge in [-0.1, -0.05) is 72.8 Å². The monoisotopic (exact) mass is 316 g/mol. The minimum Gasteiger partial charge on any atom is -0.497 e. The maximum absolute atomic E-state index is 5.30. The zero-order valence-corrected chi connectivity index (χ0v) is 14.2. The molecule has 122 valence electrons. The van der Waals surface area contributed by atoms with Crippen LogP contribution in [0.4, 0.5) is 0 Å². The number of methoxy groups -OCH3 is 1. The van der Waals surface area contributed by atoms with Gasteiger partial charge in [0.05, 0.1) is 7.11 Å². The van der Waals surface area contributed by atoms with Gasteiger partial charge in [0.2, 0.25) is 0 Å². The summed E-state index contributed by atoms with van der Waals surface area (Å²) >= 11 is 0. The first-order valence-electron chi connectivity index (χ1n) is 8.57. The normalized spacial score (nSPS) is 11.9. The van der Waals surface area contributed by atoms with E-state index in [1.165, 1.54) is 16.7 Å². The largest absolute Gasteiger partial charge is 0.497 e. The Morgan fingerprint density at radius 2 is 1.29 bits per heavy atom. The first-order chi connectivity index (χ1) is 11.8. The predicted octanol–water partition coefficient (Wildman–Crippen LogP) is 5.65. The molecule has 0 bridgehead atoms. The Balaban J connectivity index is 1.76. The molecule has 1 heteroatoms. The zero-order chi connectivity index (χ0) is 16.6. The molecule has 1 nitrogen and oxygen atoms in total. The summed E-state index contributed by atoms with van der Waals surface area (Å²) in [7, 11) is 1.71. The molecule has 0 heterocycles. The van der Waals surface area contributed by atoms with E-state index in [9.17, 15) is 0 Å². The van der Waals surface area contributed by atoms with Gasteiger partial charge in [-0.2, -0.15) is 0 Å².